The minimum atomic E-state index is -0.195. The van der Waals surface area contributed by atoms with E-state index in [0.29, 0.717) is 18.5 Å². The number of nitrogens with one attached hydrogen (secondary N) is 2. The highest BCUT2D eigenvalue weighted by molar-refractivity contribution is 9.10. The van der Waals surface area contributed by atoms with Crippen molar-refractivity contribution in [3.05, 3.63) is 34.1 Å². The van der Waals surface area contributed by atoms with Gasteiger partial charge in [-0.3, -0.25) is 4.79 Å². The van der Waals surface area contributed by atoms with Crippen molar-refractivity contribution in [3.8, 4) is 0 Å². The summed E-state index contributed by atoms with van der Waals surface area (Å²) in [5.74, 6) is -0.124. The van der Waals surface area contributed by atoms with Gasteiger partial charge in [0.25, 0.3) is 0 Å². The summed E-state index contributed by atoms with van der Waals surface area (Å²) < 4.78 is 14.3. The lowest BCUT2D eigenvalue weighted by Crippen LogP contribution is -2.46. The second-order valence-corrected chi connectivity index (χ2v) is 6.05. The molecule has 3 nitrogen and oxygen atoms in total. The Hall–Kier alpha value is -0.940. The second kappa shape index (κ2) is 7.74. The first-order valence-corrected chi connectivity index (χ1v) is 7.91. The number of hydrogen-bond donors (Lipinski definition) is 2. The molecule has 1 aliphatic rings. The van der Waals surface area contributed by atoms with Crippen LogP contribution in [0.3, 0.4) is 0 Å². The Morgan fingerprint density at radius 2 is 2.30 bits per heavy atom. The van der Waals surface area contributed by atoms with Crippen LogP contribution in [0, 0.1) is 5.82 Å². The number of benzene rings is 1. The lowest BCUT2D eigenvalue weighted by Gasteiger charge is -2.22. The van der Waals surface area contributed by atoms with Gasteiger partial charge in [-0.25, -0.2) is 4.39 Å². The van der Waals surface area contributed by atoms with Crippen LogP contribution in [0.15, 0.2) is 22.7 Å². The number of hydrogen-bond acceptors (Lipinski definition) is 2. The van der Waals surface area contributed by atoms with Crippen molar-refractivity contribution in [1.29, 1.82) is 0 Å². The zero-order valence-corrected chi connectivity index (χ0v) is 13.0. The molecule has 20 heavy (non-hydrogen) atoms. The maximum Gasteiger partial charge on any atom is 0.237 e. The van der Waals surface area contributed by atoms with Gasteiger partial charge in [0.2, 0.25) is 5.91 Å². The third-order valence-electron chi connectivity index (χ3n) is 3.56. The van der Waals surface area contributed by atoms with Crippen molar-refractivity contribution in [2.24, 2.45) is 0 Å². The van der Waals surface area contributed by atoms with Crippen LogP contribution in [0.25, 0.3) is 0 Å². The molecule has 1 aromatic carbocycles. The number of aryl methyl sites for hydroxylation is 1. The average molecular weight is 343 g/mol. The highest BCUT2D eigenvalue weighted by Crippen LogP contribution is 2.16. The van der Waals surface area contributed by atoms with Crippen molar-refractivity contribution in [2.45, 2.75) is 38.1 Å². The minimum Gasteiger partial charge on any atom is -0.355 e. The predicted molar refractivity (Wildman–Crippen MR) is 81.1 cm³/mol. The van der Waals surface area contributed by atoms with Crippen LogP contribution < -0.4 is 10.6 Å². The fourth-order valence-corrected chi connectivity index (χ4v) is 2.75. The molecular formula is C15H20BrFN2O. The Labute approximate surface area is 127 Å². The number of halogens is 2. The quantitative estimate of drug-likeness (QED) is 0.808. The largest absolute Gasteiger partial charge is 0.355 e. The number of carbonyl (C=O) groups is 1. The molecule has 1 atom stereocenters. The van der Waals surface area contributed by atoms with E-state index in [0.717, 1.165) is 36.7 Å². The maximum atomic E-state index is 13.6. The molecule has 1 saturated heterocycles. The van der Waals surface area contributed by atoms with E-state index >= 15 is 0 Å². The van der Waals surface area contributed by atoms with Gasteiger partial charge in [-0.1, -0.05) is 28.4 Å². The summed E-state index contributed by atoms with van der Waals surface area (Å²) in [6, 6.07) is 5.04. The highest BCUT2D eigenvalue weighted by Gasteiger charge is 2.19. The molecular weight excluding hydrogens is 323 g/mol. The molecule has 0 radical (unpaired) electrons. The lowest BCUT2D eigenvalue weighted by atomic mass is 10.0. The second-order valence-electron chi connectivity index (χ2n) is 5.13. The van der Waals surface area contributed by atoms with Crippen molar-refractivity contribution >= 4 is 21.8 Å². The van der Waals surface area contributed by atoms with Gasteiger partial charge in [-0.2, -0.15) is 0 Å². The van der Waals surface area contributed by atoms with Gasteiger partial charge in [-0.15, -0.1) is 0 Å². The highest BCUT2D eigenvalue weighted by atomic mass is 79.9. The van der Waals surface area contributed by atoms with Crippen molar-refractivity contribution in [3.63, 3.8) is 0 Å². The first-order valence-electron chi connectivity index (χ1n) is 7.12. The molecule has 110 valence electrons. The number of rotatable bonds is 5. The normalized spacial score (nSPS) is 18.8. The van der Waals surface area contributed by atoms with E-state index in [-0.39, 0.29) is 17.8 Å². The molecule has 0 aliphatic carbocycles. The van der Waals surface area contributed by atoms with Gasteiger partial charge in [0.15, 0.2) is 0 Å². The summed E-state index contributed by atoms with van der Waals surface area (Å²) in [7, 11) is 0. The van der Waals surface area contributed by atoms with Crippen LogP contribution in [0.4, 0.5) is 4.39 Å². The van der Waals surface area contributed by atoms with Gasteiger partial charge in [0.05, 0.1) is 6.04 Å². The smallest absolute Gasteiger partial charge is 0.237 e. The Morgan fingerprint density at radius 3 is 3.00 bits per heavy atom. The summed E-state index contributed by atoms with van der Waals surface area (Å²) in [5.41, 5.74) is 0.693. The number of piperidine rings is 1. The number of amides is 1. The molecule has 2 N–H and O–H groups in total. The van der Waals surface area contributed by atoms with Crippen molar-refractivity contribution in [2.75, 3.05) is 13.1 Å². The van der Waals surface area contributed by atoms with Gasteiger partial charge >= 0.3 is 0 Å². The monoisotopic (exact) mass is 342 g/mol. The first kappa shape index (κ1) is 15.4. The summed E-state index contributed by atoms with van der Waals surface area (Å²) in [6.07, 6.45) is 4.55. The molecule has 0 spiro atoms. The zero-order chi connectivity index (χ0) is 14.4. The molecule has 5 heteroatoms. The molecule has 1 amide bonds. The van der Waals surface area contributed by atoms with Crippen molar-refractivity contribution in [1.82, 2.24) is 10.6 Å². The topological polar surface area (TPSA) is 41.1 Å². The van der Waals surface area contributed by atoms with Crippen LogP contribution in [0.5, 0.6) is 0 Å². The van der Waals surface area contributed by atoms with E-state index in [1.165, 1.54) is 6.07 Å². The molecule has 2 rings (SSSR count). The molecule has 1 heterocycles. The number of carbonyl (C=O) groups excluding carboxylic acids is 1. The third kappa shape index (κ3) is 4.56. The summed E-state index contributed by atoms with van der Waals surface area (Å²) in [6.45, 7) is 1.51. The van der Waals surface area contributed by atoms with Crippen LogP contribution >= 0.6 is 15.9 Å². The molecule has 0 aromatic heterocycles. The van der Waals surface area contributed by atoms with Crippen LogP contribution in [0.2, 0.25) is 0 Å². The van der Waals surface area contributed by atoms with Crippen LogP contribution in [-0.2, 0) is 11.2 Å². The lowest BCUT2D eigenvalue weighted by molar-refractivity contribution is -0.123. The Balaban J connectivity index is 1.69. The molecule has 1 aliphatic heterocycles. The summed E-state index contributed by atoms with van der Waals surface area (Å²) in [4.78, 5) is 11.9. The minimum absolute atomic E-state index is 0.0480. The van der Waals surface area contributed by atoms with E-state index in [9.17, 15) is 9.18 Å². The maximum absolute atomic E-state index is 13.6. The third-order valence-corrected chi connectivity index (χ3v) is 4.06. The molecule has 1 unspecified atom stereocenters. The van der Waals surface area contributed by atoms with E-state index in [4.69, 9.17) is 0 Å². The predicted octanol–water partition coefficient (Wildman–Crippen LogP) is 2.78. The molecule has 1 aromatic rings. The van der Waals surface area contributed by atoms with Gasteiger partial charge in [0, 0.05) is 11.0 Å². The van der Waals surface area contributed by atoms with Crippen LogP contribution in [0.1, 0.15) is 31.2 Å². The SMILES string of the molecule is O=C(NCCCc1ccc(Br)cc1F)C1CCCCN1. The van der Waals surface area contributed by atoms with Crippen molar-refractivity contribution < 1.29 is 9.18 Å². The fourth-order valence-electron chi connectivity index (χ4n) is 2.41. The standard InChI is InChI=1S/C15H20BrFN2O/c16-12-7-6-11(13(17)10-12)4-3-9-19-15(20)14-5-1-2-8-18-14/h6-7,10,14,18H,1-5,8-9H2,(H,19,20). The van der Waals surface area contributed by atoms with Gasteiger partial charge in [-0.05, 0) is 49.9 Å². The van der Waals surface area contributed by atoms with Crippen LogP contribution in [-0.4, -0.2) is 25.0 Å². The summed E-state index contributed by atoms with van der Waals surface area (Å²) in [5, 5.41) is 6.14. The van der Waals surface area contributed by atoms with E-state index in [1.807, 2.05) is 6.07 Å². The summed E-state index contributed by atoms with van der Waals surface area (Å²) >= 11 is 3.24. The molecule has 0 saturated carbocycles. The Morgan fingerprint density at radius 1 is 1.45 bits per heavy atom. The Bertz CT molecular complexity index is 461. The fraction of sp³-hybridized carbons (Fsp3) is 0.533. The average Bonchev–Trinajstić information content (AvgIpc) is 2.46. The van der Waals surface area contributed by atoms with E-state index < -0.39 is 0 Å². The van der Waals surface area contributed by atoms with E-state index in [1.54, 1.807) is 6.07 Å². The van der Waals surface area contributed by atoms with E-state index in [2.05, 4.69) is 26.6 Å². The molecule has 1 fully saturated rings. The van der Waals surface area contributed by atoms with Gasteiger partial charge in [0.1, 0.15) is 5.82 Å². The molecule has 0 bridgehead atoms. The zero-order valence-electron chi connectivity index (χ0n) is 11.4. The Kier molecular flexibility index (Phi) is 5.98. The van der Waals surface area contributed by atoms with Gasteiger partial charge < -0.3 is 10.6 Å². The first-order chi connectivity index (χ1) is 9.66.